The monoisotopic (exact) mass is 584 g/mol. The van der Waals surface area contributed by atoms with Gasteiger partial charge >= 0.3 is 6.03 Å². The molecule has 0 radical (unpaired) electrons. The van der Waals surface area contributed by atoms with Crippen LogP contribution in [0.5, 0.6) is 5.75 Å². The Morgan fingerprint density at radius 3 is 2.26 bits per heavy atom. The Kier molecular flexibility index (Phi) is 7.66. The van der Waals surface area contributed by atoms with Crippen molar-refractivity contribution < 1.29 is 24.2 Å². The second-order valence-corrected chi connectivity index (χ2v) is 12.0. The number of likely N-dealkylation sites (tertiary alicyclic amines) is 1. The van der Waals surface area contributed by atoms with Gasteiger partial charge in [-0.2, -0.15) is 0 Å². The lowest BCUT2D eigenvalue weighted by Gasteiger charge is -2.48. The minimum absolute atomic E-state index is 0.00137. The van der Waals surface area contributed by atoms with Crippen LogP contribution in [0, 0.1) is 11.3 Å². The maximum absolute atomic E-state index is 13.9. The Balaban J connectivity index is 1.23. The number of imide groups is 2. The zero-order valence-corrected chi connectivity index (χ0v) is 24.4. The number of ether oxygens (including phenoxy) is 1. The smallest absolute Gasteiger partial charge is 0.332 e. The van der Waals surface area contributed by atoms with E-state index in [1.54, 1.807) is 24.3 Å². The number of amides is 4. The first-order valence-corrected chi connectivity index (χ1v) is 14.6. The lowest BCUT2D eigenvalue weighted by molar-refractivity contribution is -0.159. The molecule has 6 rings (SSSR count). The third kappa shape index (κ3) is 5.36. The molecule has 0 aliphatic carbocycles. The van der Waals surface area contributed by atoms with Crippen molar-refractivity contribution in [2.45, 2.75) is 31.4 Å². The molecule has 3 atom stereocenters. The number of nitrogens with zero attached hydrogens (tertiary/aromatic N) is 4. The fraction of sp³-hybridized carbons (Fsp3) is 0.394. The van der Waals surface area contributed by atoms with Crippen molar-refractivity contribution in [3.05, 3.63) is 100.0 Å². The van der Waals surface area contributed by atoms with Crippen LogP contribution in [0.3, 0.4) is 0 Å². The molecule has 3 aliphatic rings. The van der Waals surface area contributed by atoms with E-state index in [9.17, 15) is 24.3 Å². The molecule has 10 nitrogen and oxygen atoms in total. The van der Waals surface area contributed by atoms with Crippen molar-refractivity contribution in [2.75, 3.05) is 40.3 Å². The Morgan fingerprint density at radius 2 is 1.56 bits per heavy atom. The van der Waals surface area contributed by atoms with E-state index in [0.29, 0.717) is 25.4 Å². The summed E-state index contributed by atoms with van der Waals surface area (Å²) in [4.78, 5) is 57.2. The summed E-state index contributed by atoms with van der Waals surface area (Å²) in [6.07, 6.45) is 0.287. The SMILES string of the molecule is CN1C(=O)N(C)C(=O)C(Cc2ccc(OCC(O)c3ccccc3)cc2)(CN2C[C@@H]3C[C@@H](C2)c2cccc(=O)n2C3)C1=O. The van der Waals surface area contributed by atoms with Gasteiger partial charge in [0.15, 0.2) is 0 Å². The lowest BCUT2D eigenvalue weighted by Crippen LogP contribution is -2.67. The summed E-state index contributed by atoms with van der Waals surface area (Å²) < 4.78 is 7.66. The summed E-state index contributed by atoms with van der Waals surface area (Å²) in [5, 5.41) is 10.4. The van der Waals surface area contributed by atoms with Gasteiger partial charge in [-0.25, -0.2) is 4.79 Å². The Morgan fingerprint density at radius 1 is 0.860 bits per heavy atom. The molecule has 1 N–H and O–H groups in total. The third-order valence-electron chi connectivity index (χ3n) is 9.07. The number of aliphatic hydroxyl groups excluding tert-OH is 1. The van der Waals surface area contributed by atoms with Gasteiger partial charge in [0, 0.05) is 58.0 Å². The molecule has 1 aromatic heterocycles. The van der Waals surface area contributed by atoms with Crippen LogP contribution in [-0.2, 0) is 22.6 Å². The molecule has 2 aromatic carbocycles. The van der Waals surface area contributed by atoms with E-state index >= 15 is 0 Å². The summed E-state index contributed by atoms with van der Waals surface area (Å²) in [5.74, 6) is -0.140. The van der Waals surface area contributed by atoms with Crippen molar-refractivity contribution in [1.29, 1.82) is 0 Å². The fourth-order valence-electron chi connectivity index (χ4n) is 6.98. The number of hydrogen-bond acceptors (Lipinski definition) is 7. The Labute approximate surface area is 250 Å². The summed E-state index contributed by atoms with van der Waals surface area (Å²) in [6, 6.07) is 21.1. The number of piperidine rings is 1. The first kappa shape index (κ1) is 28.8. The van der Waals surface area contributed by atoms with Crippen molar-refractivity contribution in [2.24, 2.45) is 11.3 Å². The number of barbiturate groups is 1. The first-order valence-electron chi connectivity index (χ1n) is 14.6. The van der Waals surface area contributed by atoms with Gasteiger partial charge in [0.1, 0.15) is 23.9 Å². The molecule has 4 amide bonds. The highest BCUT2D eigenvalue weighted by Gasteiger charge is 2.56. The molecule has 224 valence electrons. The average molecular weight is 585 g/mol. The molecular formula is C33H36N4O6. The van der Waals surface area contributed by atoms with Gasteiger partial charge in [0.05, 0.1) is 0 Å². The highest BCUT2D eigenvalue weighted by atomic mass is 16.5. The lowest BCUT2D eigenvalue weighted by atomic mass is 9.75. The quantitative estimate of drug-likeness (QED) is 0.405. The van der Waals surface area contributed by atoms with E-state index in [4.69, 9.17) is 4.74 Å². The molecule has 3 aromatic rings. The molecule has 10 heteroatoms. The topological polar surface area (TPSA) is 112 Å². The van der Waals surface area contributed by atoms with E-state index in [0.717, 1.165) is 33.0 Å². The predicted molar refractivity (Wildman–Crippen MR) is 158 cm³/mol. The van der Waals surface area contributed by atoms with Crippen molar-refractivity contribution in [3.63, 3.8) is 0 Å². The van der Waals surface area contributed by atoms with E-state index in [1.807, 2.05) is 53.1 Å². The summed E-state index contributed by atoms with van der Waals surface area (Å²) in [7, 11) is 2.84. The molecule has 0 saturated carbocycles. The van der Waals surface area contributed by atoms with Gasteiger partial charge in [0.25, 0.3) is 5.56 Å². The Bertz CT molecular complexity index is 1560. The molecule has 0 spiro atoms. The van der Waals surface area contributed by atoms with Gasteiger partial charge in [-0.15, -0.1) is 0 Å². The number of benzene rings is 2. The molecule has 4 heterocycles. The number of urea groups is 1. The zero-order valence-electron chi connectivity index (χ0n) is 24.4. The number of rotatable bonds is 8. The average Bonchev–Trinajstić information content (AvgIpc) is 3.02. The third-order valence-corrected chi connectivity index (χ3v) is 9.07. The molecular weight excluding hydrogens is 548 g/mol. The van der Waals surface area contributed by atoms with Crippen LogP contribution in [0.2, 0.25) is 0 Å². The van der Waals surface area contributed by atoms with Crippen molar-refractivity contribution in [3.8, 4) is 5.75 Å². The summed E-state index contributed by atoms with van der Waals surface area (Å²) in [6.45, 7) is 2.11. The fourth-order valence-corrected chi connectivity index (χ4v) is 6.98. The maximum Gasteiger partial charge on any atom is 0.332 e. The van der Waals surface area contributed by atoms with Gasteiger partial charge in [-0.3, -0.25) is 24.2 Å². The number of fused-ring (bicyclic) bond motifs is 4. The number of hydrogen-bond donors (Lipinski definition) is 1. The number of pyridine rings is 1. The Hall–Kier alpha value is -4.28. The van der Waals surface area contributed by atoms with Gasteiger partial charge in [-0.1, -0.05) is 48.5 Å². The highest BCUT2D eigenvalue weighted by Crippen LogP contribution is 2.39. The van der Waals surface area contributed by atoms with E-state index in [2.05, 4.69) is 4.90 Å². The molecule has 1 unspecified atom stereocenters. The standard InChI is InChI=1S/C33H36N4O6/c1-34-30(40)33(31(41)35(2)32(34)42,21-36-17-23-15-25(19-36)27-9-6-10-29(39)37(27)18-23)16-22-11-13-26(14-12-22)43-20-28(38)24-7-4-3-5-8-24/h3-14,23,25,28,38H,15-21H2,1-2H3/t23-,25-,28?/m0/s1. The summed E-state index contributed by atoms with van der Waals surface area (Å²) >= 11 is 0. The molecule has 2 bridgehead atoms. The minimum Gasteiger partial charge on any atom is -0.491 e. The molecule has 3 aliphatic heterocycles. The zero-order chi connectivity index (χ0) is 30.3. The highest BCUT2D eigenvalue weighted by molar-refractivity contribution is 6.19. The number of carbonyl (C=O) groups is 3. The van der Waals surface area contributed by atoms with Crippen LogP contribution in [0.1, 0.15) is 35.3 Å². The van der Waals surface area contributed by atoms with Crippen LogP contribution in [0.4, 0.5) is 4.79 Å². The molecule has 2 saturated heterocycles. The van der Waals surface area contributed by atoms with E-state index < -0.39 is 29.4 Å². The largest absolute Gasteiger partial charge is 0.491 e. The van der Waals surface area contributed by atoms with Gasteiger partial charge in [-0.05, 0) is 48.1 Å². The van der Waals surface area contributed by atoms with Crippen molar-refractivity contribution in [1.82, 2.24) is 19.3 Å². The maximum atomic E-state index is 13.9. The molecule has 2 fully saturated rings. The van der Waals surface area contributed by atoms with Crippen LogP contribution in [0.25, 0.3) is 0 Å². The number of carbonyl (C=O) groups excluding carboxylic acids is 3. The first-order chi connectivity index (χ1) is 20.7. The van der Waals surface area contributed by atoms with Crippen LogP contribution < -0.4 is 10.3 Å². The van der Waals surface area contributed by atoms with E-state index in [1.165, 1.54) is 14.1 Å². The van der Waals surface area contributed by atoms with E-state index in [-0.39, 0.29) is 37.0 Å². The molecule has 43 heavy (non-hydrogen) atoms. The van der Waals surface area contributed by atoms with Gasteiger partial charge < -0.3 is 19.3 Å². The minimum atomic E-state index is -1.49. The second kappa shape index (κ2) is 11.4. The van der Waals surface area contributed by atoms with Crippen LogP contribution >= 0.6 is 0 Å². The predicted octanol–water partition coefficient (Wildman–Crippen LogP) is 2.66. The van der Waals surface area contributed by atoms with Crippen LogP contribution in [-0.4, -0.2) is 82.6 Å². The normalized spacial score (nSPS) is 22.3. The van der Waals surface area contributed by atoms with Crippen molar-refractivity contribution >= 4 is 17.8 Å². The van der Waals surface area contributed by atoms with Crippen LogP contribution in [0.15, 0.2) is 77.6 Å². The van der Waals surface area contributed by atoms with Gasteiger partial charge in [0.2, 0.25) is 11.8 Å². The summed E-state index contributed by atoms with van der Waals surface area (Å²) in [5.41, 5.74) is 1.00. The second-order valence-electron chi connectivity index (χ2n) is 12.0. The number of aliphatic hydroxyl groups is 1. The number of aromatic nitrogens is 1.